The molecule has 0 bridgehead atoms. The number of nitrogens with zero attached hydrogens (tertiary/aromatic N) is 2. The molecule has 1 aromatic rings. The summed E-state index contributed by atoms with van der Waals surface area (Å²) in [5.74, 6) is 0.124. The van der Waals surface area contributed by atoms with E-state index in [2.05, 4.69) is 27.9 Å². The van der Waals surface area contributed by atoms with Crippen molar-refractivity contribution in [3.8, 4) is 0 Å². The van der Waals surface area contributed by atoms with E-state index in [9.17, 15) is 4.79 Å². The molecule has 5 heteroatoms. The van der Waals surface area contributed by atoms with E-state index in [-0.39, 0.29) is 5.91 Å². The monoisotopic (exact) mass is 330 g/mol. The van der Waals surface area contributed by atoms with Crippen LogP contribution in [0.2, 0.25) is 0 Å². The molecule has 3 nitrogen and oxygen atoms in total. The number of hydrogen-bond donors (Lipinski definition) is 0. The van der Waals surface area contributed by atoms with Crippen molar-refractivity contribution in [1.29, 1.82) is 0 Å². The van der Waals surface area contributed by atoms with E-state index < -0.39 is 0 Å². The maximum atomic E-state index is 12.3. The zero-order chi connectivity index (χ0) is 13.3. The Labute approximate surface area is 121 Å². The van der Waals surface area contributed by atoms with Gasteiger partial charge in [-0.15, -0.1) is 11.3 Å². The first-order valence-corrected chi connectivity index (χ1v) is 7.87. The van der Waals surface area contributed by atoms with Gasteiger partial charge in [-0.1, -0.05) is 0 Å². The smallest absolute Gasteiger partial charge is 0.254 e. The molecular formula is C13H19BrN2OS. The molecule has 2 rings (SSSR count). The molecule has 1 fully saturated rings. The summed E-state index contributed by atoms with van der Waals surface area (Å²) in [6.07, 6.45) is 2.62. The Bertz CT molecular complexity index is 442. The van der Waals surface area contributed by atoms with Crippen molar-refractivity contribution >= 4 is 33.2 Å². The summed E-state index contributed by atoms with van der Waals surface area (Å²) in [6.45, 7) is 3.73. The molecule has 0 radical (unpaired) electrons. The van der Waals surface area contributed by atoms with Crippen molar-refractivity contribution in [3.05, 3.63) is 20.3 Å². The number of likely N-dealkylation sites (N-methyl/N-ethyl adjacent to an activating group) is 2. The summed E-state index contributed by atoms with van der Waals surface area (Å²) in [6, 6.07) is 0.755. The van der Waals surface area contributed by atoms with Crippen molar-refractivity contribution < 1.29 is 4.79 Å². The van der Waals surface area contributed by atoms with Crippen LogP contribution in [0.3, 0.4) is 0 Å². The lowest BCUT2D eigenvalue weighted by molar-refractivity contribution is 0.0781. The number of thiophene rings is 1. The molecule has 1 aliphatic carbocycles. The fourth-order valence-electron chi connectivity index (χ4n) is 1.92. The minimum Gasteiger partial charge on any atom is -0.340 e. The topological polar surface area (TPSA) is 23.6 Å². The van der Waals surface area contributed by atoms with Gasteiger partial charge in [-0.25, -0.2) is 0 Å². The van der Waals surface area contributed by atoms with Gasteiger partial charge in [-0.3, -0.25) is 4.79 Å². The third-order valence-corrected chi connectivity index (χ3v) is 5.54. The van der Waals surface area contributed by atoms with Gasteiger partial charge in [-0.05, 0) is 48.3 Å². The minimum atomic E-state index is 0.124. The molecule has 1 amide bonds. The minimum absolute atomic E-state index is 0.124. The average molecular weight is 331 g/mol. The highest BCUT2D eigenvalue weighted by Gasteiger charge is 2.26. The van der Waals surface area contributed by atoms with Gasteiger partial charge in [0.25, 0.3) is 5.91 Å². The van der Waals surface area contributed by atoms with Gasteiger partial charge < -0.3 is 9.80 Å². The second-order valence-corrected chi connectivity index (χ2v) is 7.18. The summed E-state index contributed by atoms with van der Waals surface area (Å²) in [5, 5.41) is 1.93. The van der Waals surface area contributed by atoms with Gasteiger partial charge in [0.05, 0.1) is 9.35 Å². The summed E-state index contributed by atoms with van der Waals surface area (Å²) >= 11 is 5.04. The molecule has 0 N–H and O–H groups in total. The van der Waals surface area contributed by atoms with Crippen molar-refractivity contribution in [3.63, 3.8) is 0 Å². The molecule has 0 atom stereocenters. The second-order valence-electron chi connectivity index (χ2n) is 4.99. The molecule has 0 spiro atoms. The molecule has 0 aliphatic heterocycles. The Hall–Kier alpha value is -0.390. The lowest BCUT2D eigenvalue weighted by Crippen LogP contribution is -2.35. The SMILES string of the molecule is Cc1c(C(=O)N(C)CCN(C)C2CC2)csc1Br. The van der Waals surface area contributed by atoms with Crippen LogP contribution < -0.4 is 0 Å². The first kappa shape index (κ1) is 14.0. The first-order valence-electron chi connectivity index (χ1n) is 6.20. The van der Waals surface area contributed by atoms with Crippen LogP contribution in [-0.4, -0.2) is 48.9 Å². The fraction of sp³-hybridized carbons (Fsp3) is 0.615. The van der Waals surface area contributed by atoms with Gasteiger partial charge in [-0.2, -0.15) is 0 Å². The Morgan fingerprint density at radius 3 is 2.61 bits per heavy atom. The van der Waals surface area contributed by atoms with Crippen LogP contribution in [0.4, 0.5) is 0 Å². The van der Waals surface area contributed by atoms with Gasteiger partial charge >= 0.3 is 0 Å². The highest BCUT2D eigenvalue weighted by molar-refractivity contribution is 9.11. The fourth-order valence-corrected chi connectivity index (χ4v) is 3.20. The van der Waals surface area contributed by atoms with E-state index in [1.807, 2.05) is 24.3 Å². The molecule has 100 valence electrons. The lowest BCUT2D eigenvalue weighted by Gasteiger charge is -2.22. The van der Waals surface area contributed by atoms with Crippen molar-refractivity contribution in [1.82, 2.24) is 9.80 Å². The molecule has 0 aromatic carbocycles. The number of rotatable bonds is 5. The average Bonchev–Trinajstić information content (AvgIpc) is 3.14. The van der Waals surface area contributed by atoms with E-state index in [0.717, 1.165) is 34.0 Å². The number of hydrogen-bond acceptors (Lipinski definition) is 3. The van der Waals surface area contributed by atoms with E-state index in [4.69, 9.17) is 0 Å². The third-order valence-electron chi connectivity index (χ3n) is 3.51. The third kappa shape index (κ3) is 3.13. The number of carbonyl (C=O) groups excluding carboxylic acids is 1. The molecule has 1 aliphatic rings. The van der Waals surface area contributed by atoms with E-state index in [1.165, 1.54) is 12.8 Å². The summed E-state index contributed by atoms with van der Waals surface area (Å²) in [4.78, 5) is 16.4. The van der Waals surface area contributed by atoms with Crippen LogP contribution in [0.1, 0.15) is 28.8 Å². The maximum Gasteiger partial charge on any atom is 0.254 e. The highest BCUT2D eigenvalue weighted by atomic mass is 79.9. The molecule has 1 saturated carbocycles. The standard InChI is InChI=1S/C13H19BrN2OS/c1-9-11(8-18-12(9)14)13(17)16(3)7-6-15(2)10-4-5-10/h8,10H,4-7H2,1-3H3. The van der Waals surface area contributed by atoms with E-state index >= 15 is 0 Å². The predicted molar refractivity (Wildman–Crippen MR) is 79.4 cm³/mol. The predicted octanol–water partition coefficient (Wildman–Crippen LogP) is 2.99. The Balaban J connectivity index is 1.89. The maximum absolute atomic E-state index is 12.3. The number of halogens is 1. The zero-order valence-electron chi connectivity index (χ0n) is 11.1. The van der Waals surface area contributed by atoms with Gasteiger partial charge in [0, 0.05) is 31.6 Å². The van der Waals surface area contributed by atoms with Crippen molar-refractivity contribution in [2.24, 2.45) is 0 Å². The van der Waals surface area contributed by atoms with Gasteiger partial charge in [0.1, 0.15) is 0 Å². The number of carbonyl (C=O) groups is 1. The van der Waals surface area contributed by atoms with Crippen molar-refractivity contribution in [2.45, 2.75) is 25.8 Å². The van der Waals surface area contributed by atoms with Crippen molar-refractivity contribution in [2.75, 3.05) is 27.2 Å². The highest BCUT2D eigenvalue weighted by Crippen LogP contribution is 2.28. The van der Waals surface area contributed by atoms with Crippen LogP contribution in [0, 0.1) is 6.92 Å². The zero-order valence-corrected chi connectivity index (χ0v) is 13.5. The Morgan fingerprint density at radius 2 is 2.11 bits per heavy atom. The largest absolute Gasteiger partial charge is 0.340 e. The van der Waals surface area contributed by atoms with Gasteiger partial charge in [0.15, 0.2) is 0 Å². The molecule has 1 heterocycles. The quantitative estimate of drug-likeness (QED) is 0.828. The summed E-state index contributed by atoms with van der Waals surface area (Å²) in [5.41, 5.74) is 1.87. The Morgan fingerprint density at radius 1 is 1.44 bits per heavy atom. The molecular weight excluding hydrogens is 312 g/mol. The van der Waals surface area contributed by atoms with Crippen LogP contribution in [0.25, 0.3) is 0 Å². The number of amides is 1. The van der Waals surface area contributed by atoms with Gasteiger partial charge in [0.2, 0.25) is 0 Å². The summed E-state index contributed by atoms with van der Waals surface area (Å²) < 4.78 is 1.05. The molecule has 1 aromatic heterocycles. The van der Waals surface area contributed by atoms with E-state index in [1.54, 1.807) is 11.3 Å². The normalized spacial score (nSPS) is 15.2. The van der Waals surface area contributed by atoms with Crippen LogP contribution in [-0.2, 0) is 0 Å². The summed E-state index contributed by atoms with van der Waals surface area (Å²) in [7, 11) is 4.02. The lowest BCUT2D eigenvalue weighted by atomic mass is 10.2. The van der Waals surface area contributed by atoms with E-state index in [0.29, 0.717) is 0 Å². The first-order chi connectivity index (χ1) is 8.50. The van der Waals surface area contributed by atoms with Crippen LogP contribution >= 0.6 is 27.3 Å². The molecule has 18 heavy (non-hydrogen) atoms. The second kappa shape index (κ2) is 5.72. The van der Waals surface area contributed by atoms with Crippen LogP contribution in [0.15, 0.2) is 9.17 Å². The molecule has 0 unspecified atom stereocenters. The molecule has 0 saturated heterocycles. The Kier molecular flexibility index (Phi) is 4.45. The van der Waals surface area contributed by atoms with Crippen LogP contribution in [0.5, 0.6) is 0 Å².